The summed E-state index contributed by atoms with van der Waals surface area (Å²) >= 11 is 0. The topological polar surface area (TPSA) is 112 Å². The summed E-state index contributed by atoms with van der Waals surface area (Å²) in [6.07, 6.45) is -3.26. The van der Waals surface area contributed by atoms with Crippen LogP contribution >= 0.6 is 0 Å². The first kappa shape index (κ1) is 24.5. The van der Waals surface area contributed by atoms with Crippen molar-refractivity contribution in [3.63, 3.8) is 0 Å². The number of rotatable bonds is 7. The fourth-order valence-corrected chi connectivity index (χ4v) is 3.84. The zero-order valence-corrected chi connectivity index (χ0v) is 19.1. The molecule has 3 amide bonds. The van der Waals surface area contributed by atoms with Crippen LogP contribution in [0.4, 0.5) is 41.1 Å². The highest BCUT2D eigenvalue weighted by Crippen LogP contribution is 2.34. The summed E-state index contributed by atoms with van der Waals surface area (Å²) in [4.78, 5) is 35.0. The van der Waals surface area contributed by atoms with Gasteiger partial charge in [0.15, 0.2) is 0 Å². The normalized spacial score (nSPS) is 15.4. The van der Waals surface area contributed by atoms with E-state index >= 15 is 0 Å². The zero-order valence-electron chi connectivity index (χ0n) is 19.1. The Balaban J connectivity index is 1.38. The molecule has 0 bridgehead atoms. The molecule has 0 aliphatic carbocycles. The highest BCUT2D eigenvalue weighted by molar-refractivity contribution is 5.99. The summed E-state index contributed by atoms with van der Waals surface area (Å²) in [6, 6.07) is 4.98. The smallest absolute Gasteiger partial charge is 0.378 e. The molecular weight excluding hydrogens is 467 g/mol. The van der Waals surface area contributed by atoms with Crippen molar-refractivity contribution < 1.29 is 27.5 Å². The van der Waals surface area contributed by atoms with Gasteiger partial charge < -0.3 is 30.5 Å². The lowest BCUT2D eigenvalue weighted by Crippen LogP contribution is -2.47. The maximum absolute atomic E-state index is 13.5. The number of ether oxygens (including phenoxy) is 1. The monoisotopic (exact) mass is 493 g/mol. The third kappa shape index (κ3) is 6.10. The Morgan fingerprint density at radius 3 is 2.80 bits per heavy atom. The summed E-state index contributed by atoms with van der Waals surface area (Å²) in [5.41, 5.74) is 1.05. The minimum atomic E-state index is -4.64. The summed E-state index contributed by atoms with van der Waals surface area (Å²) < 4.78 is 45.7. The molecule has 2 aliphatic heterocycles. The van der Waals surface area contributed by atoms with Crippen molar-refractivity contribution in [2.24, 2.45) is 0 Å². The van der Waals surface area contributed by atoms with E-state index in [2.05, 4.69) is 25.9 Å². The Morgan fingerprint density at radius 2 is 2.06 bits per heavy atom. The van der Waals surface area contributed by atoms with Crippen LogP contribution in [0.1, 0.15) is 17.5 Å². The van der Waals surface area contributed by atoms with Crippen LogP contribution in [0, 0.1) is 0 Å². The number of hydrogen-bond acceptors (Lipinski definition) is 7. The molecule has 1 saturated heterocycles. The van der Waals surface area contributed by atoms with E-state index in [4.69, 9.17) is 4.74 Å². The summed E-state index contributed by atoms with van der Waals surface area (Å²) in [7, 11) is 1.66. The van der Waals surface area contributed by atoms with Crippen LogP contribution in [0.25, 0.3) is 0 Å². The molecule has 35 heavy (non-hydrogen) atoms. The first-order valence-electron chi connectivity index (χ1n) is 11.2. The molecule has 0 unspecified atom stereocenters. The van der Waals surface area contributed by atoms with Gasteiger partial charge in [-0.2, -0.15) is 18.2 Å². The molecule has 0 atom stereocenters. The number of anilines is 4. The number of aromatic nitrogens is 2. The van der Waals surface area contributed by atoms with Gasteiger partial charge in [0.2, 0.25) is 11.9 Å². The van der Waals surface area contributed by atoms with Crippen molar-refractivity contribution in [1.29, 1.82) is 0 Å². The third-order valence-corrected chi connectivity index (χ3v) is 5.65. The molecule has 3 N–H and O–H groups in total. The second-order valence-corrected chi connectivity index (χ2v) is 8.26. The number of carbonyl (C=O) groups excluding carboxylic acids is 2. The maximum atomic E-state index is 13.5. The molecule has 3 heterocycles. The largest absolute Gasteiger partial charge is 0.421 e. The number of fused-ring (bicyclic) bond motifs is 1. The third-order valence-electron chi connectivity index (χ3n) is 5.65. The van der Waals surface area contributed by atoms with Gasteiger partial charge in [-0.15, -0.1) is 0 Å². The van der Waals surface area contributed by atoms with Crippen LogP contribution in [-0.4, -0.2) is 78.1 Å². The second kappa shape index (κ2) is 10.3. The molecule has 4 rings (SSSR count). The number of benzene rings is 1. The van der Waals surface area contributed by atoms with Crippen LogP contribution in [0.15, 0.2) is 24.4 Å². The fraction of sp³-hybridized carbons (Fsp3) is 0.455. The first-order valence-corrected chi connectivity index (χ1v) is 11.2. The average molecular weight is 493 g/mol. The average Bonchev–Trinajstić information content (AvgIpc) is 3.20. The van der Waals surface area contributed by atoms with Crippen molar-refractivity contribution in [2.75, 3.05) is 62.4 Å². The Hall–Kier alpha value is -3.61. The highest BCUT2D eigenvalue weighted by Gasteiger charge is 2.35. The molecule has 0 saturated carbocycles. The number of nitrogens with zero attached hydrogens (tertiary/aromatic N) is 4. The van der Waals surface area contributed by atoms with Crippen LogP contribution < -0.4 is 16.0 Å². The van der Waals surface area contributed by atoms with Crippen molar-refractivity contribution >= 4 is 35.1 Å². The summed E-state index contributed by atoms with van der Waals surface area (Å²) in [5, 5.41) is 8.34. The van der Waals surface area contributed by atoms with E-state index in [0.29, 0.717) is 50.6 Å². The minimum absolute atomic E-state index is 0.0163. The van der Waals surface area contributed by atoms with Crippen LogP contribution in [0.5, 0.6) is 0 Å². The number of halogens is 3. The van der Waals surface area contributed by atoms with Gasteiger partial charge >= 0.3 is 12.2 Å². The molecule has 0 radical (unpaired) electrons. The van der Waals surface area contributed by atoms with Gasteiger partial charge in [0.1, 0.15) is 11.4 Å². The van der Waals surface area contributed by atoms with Gasteiger partial charge in [0.05, 0.1) is 19.6 Å². The van der Waals surface area contributed by atoms with Gasteiger partial charge in [0, 0.05) is 50.8 Å². The lowest BCUT2D eigenvalue weighted by molar-refractivity contribution is -0.137. The SMILES string of the molecule is CN(CCCNc1nc(Nc2ccc3c(c2)CC(=O)N3)ncc1C(F)(F)F)C(=O)N1CCOCC1. The number of nitrogens with one attached hydrogen (secondary N) is 3. The Morgan fingerprint density at radius 1 is 1.29 bits per heavy atom. The van der Waals surface area contributed by atoms with E-state index in [1.165, 1.54) is 4.90 Å². The quantitative estimate of drug-likeness (QED) is 0.509. The summed E-state index contributed by atoms with van der Waals surface area (Å²) in [5.74, 6) is -0.487. The molecule has 0 spiro atoms. The molecule has 188 valence electrons. The zero-order chi connectivity index (χ0) is 25.0. The van der Waals surface area contributed by atoms with Gasteiger partial charge in [-0.05, 0) is 30.2 Å². The van der Waals surface area contributed by atoms with E-state index in [1.807, 2.05) is 0 Å². The van der Waals surface area contributed by atoms with Crippen molar-refractivity contribution in [1.82, 2.24) is 19.8 Å². The standard InChI is InChI=1S/C22H26F3N7O3/c1-31(21(34)32-7-9-35-10-8-32)6-2-5-26-19-16(22(23,24)25)13-27-20(30-19)28-15-3-4-17-14(11-15)12-18(33)29-17/h3-4,11,13H,2,5-10,12H2,1H3,(H,29,33)(H2,26,27,28,30). The molecule has 1 aromatic heterocycles. The van der Waals surface area contributed by atoms with Crippen molar-refractivity contribution in [3.8, 4) is 0 Å². The maximum Gasteiger partial charge on any atom is 0.421 e. The van der Waals surface area contributed by atoms with E-state index in [-0.39, 0.29) is 36.7 Å². The number of urea groups is 1. The van der Waals surface area contributed by atoms with Crippen LogP contribution in [0.2, 0.25) is 0 Å². The van der Waals surface area contributed by atoms with Gasteiger partial charge in [-0.1, -0.05) is 0 Å². The number of hydrogen-bond donors (Lipinski definition) is 3. The molecule has 10 nitrogen and oxygen atoms in total. The molecule has 1 aromatic carbocycles. The Labute approximate surface area is 199 Å². The molecule has 2 aromatic rings. The minimum Gasteiger partial charge on any atom is -0.378 e. The Bertz CT molecular complexity index is 1090. The second-order valence-electron chi connectivity index (χ2n) is 8.26. The first-order chi connectivity index (χ1) is 16.7. The fourth-order valence-electron chi connectivity index (χ4n) is 3.84. The highest BCUT2D eigenvalue weighted by atomic mass is 19.4. The molecular formula is C22H26F3N7O3. The van der Waals surface area contributed by atoms with E-state index in [0.717, 1.165) is 11.8 Å². The van der Waals surface area contributed by atoms with Crippen molar-refractivity contribution in [2.45, 2.75) is 19.0 Å². The number of alkyl halides is 3. The van der Waals surface area contributed by atoms with Gasteiger partial charge in [0.25, 0.3) is 0 Å². The molecule has 2 aliphatic rings. The van der Waals surface area contributed by atoms with Gasteiger partial charge in [-0.25, -0.2) is 9.78 Å². The van der Waals surface area contributed by atoms with Crippen LogP contribution in [0.3, 0.4) is 0 Å². The molecule has 1 fully saturated rings. The lowest BCUT2D eigenvalue weighted by Gasteiger charge is -2.31. The predicted octanol–water partition coefficient (Wildman–Crippen LogP) is 2.92. The number of morpholine rings is 1. The van der Waals surface area contributed by atoms with E-state index in [1.54, 1.807) is 30.1 Å². The predicted molar refractivity (Wildman–Crippen MR) is 123 cm³/mol. The van der Waals surface area contributed by atoms with Gasteiger partial charge in [-0.3, -0.25) is 4.79 Å². The number of amides is 3. The lowest BCUT2D eigenvalue weighted by atomic mass is 10.1. The van der Waals surface area contributed by atoms with Crippen LogP contribution in [-0.2, 0) is 22.1 Å². The molecule has 13 heteroatoms. The van der Waals surface area contributed by atoms with E-state index < -0.39 is 11.7 Å². The van der Waals surface area contributed by atoms with Crippen molar-refractivity contribution in [3.05, 3.63) is 35.5 Å². The number of carbonyl (C=O) groups is 2. The summed E-state index contributed by atoms with van der Waals surface area (Å²) in [6.45, 7) is 2.56. The van der Waals surface area contributed by atoms with E-state index in [9.17, 15) is 22.8 Å². The Kier molecular flexibility index (Phi) is 7.24.